The van der Waals surface area contributed by atoms with Crippen molar-refractivity contribution in [3.05, 3.63) is 0 Å². The summed E-state index contributed by atoms with van der Waals surface area (Å²) in [6, 6.07) is 0. The van der Waals surface area contributed by atoms with Crippen LogP contribution in [-0.4, -0.2) is 11.2 Å². The van der Waals surface area contributed by atoms with Crippen molar-refractivity contribution < 1.29 is 4.79 Å². The second-order valence-corrected chi connectivity index (χ2v) is 5.22. The highest BCUT2D eigenvalue weighted by Gasteiger charge is 2.52. The number of ketones is 1. The van der Waals surface area contributed by atoms with E-state index in [0.717, 1.165) is 18.8 Å². The van der Waals surface area contributed by atoms with E-state index in [-0.39, 0.29) is 11.3 Å². The maximum Gasteiger partial charge on any atom is 0.140 e. The standard InChI is InChI=1S/C10H13ClO/c11-9-6-1-5-2-7(4-6)10(12)8(9)3-5/h5-9H,1-4H2/t5-,6-,7-,8-,9+/m1/s1. The normalized spacial score (nSPS) is 56.4. The van der Waals surface area contributed by atoms with Crippen molar-refractivity contribution in [1.29, 1.82) is 0 Å². The highest BCUT2D eigenvalue weighted by Crippen LogP contribution is 2.53. The molecule has 1 nitrogen and oxygen atoms in total. The van der Waals surface area contributed by atoms with Crippen molar-refractivity contribution in [1.82, 2.24) is 0 Å². The predicted octanol–water partition coefficient (Wildman–Crippen LogP) is 2.23. The zero-order valence-corrected chi connectivity index (χ0v) is 7.76. The van der Waals surface area contributed by atoms with E-state index in [1.165, 1.54) is 12.8 Å². The zero-order chi connectivity index (χ0) is 8.29. The summed E-state index contributed by atoms with van der Waals surface area (Å²) < 4.78 is 0. The number of Topliss-reactive ketones (excluding diaryl/α,β-unsaturated/α-hetero) is 1. The number of carbonyl (C=O) groups excluding carboxylic acids is 1. The second kappa shape index (κ2) is 2.25. The first-order valence-electron chi connectivity index (χ1n) is 4.93. The third kappa shape index (κ3) is 0.783. The fourth-order valence-electron chi connectivity index (χ4n) is 3.56. The van der Waals surface area contributed by atoms with E-state index in [0.29, 0.717) is 17.6 Å². The van der Waals surface area contributed by atoms with E-state index in [4.69, 9.17) is 11.6 Å². The molecule has 12 heavy (non-hydrogen) atoms. The molecular formula is C10H13ClO. The molecule has 0 radical (unpaired) electrons. The Balaban J connectivity index is 1.98. The van der Waals surface area contributed by atoms with E-state index in [1.807, 2.05) is 0 Å². The lowest BCUT2D eigenvalue weighted by Gasteiger charge is -2.51. The number of halogens is 1. The first kappa shape index (κ1) is 7.37. The number of carbonyl (C=O) groups is 1. The van der Waals surface area contributed by atoms with Crippen LogP contribution in [0.2, 0.25) is 0 Å². The van der Waals surface area contributed by atoms with Crippen molar-refractivity contribution in [3.8, 4) is 0 Å². The summed E-state index contributed by atoms with van der Waals surface area (Å²) in [6.45, 7) is 0. The van der Waals surface area contributed by atoms with Crippen LogP contribution in [0, 0.1) is 23.7 Å². The summed E-state index contributed by atoms with van der Waals surface area (Å²) in [5.74, 6) is 2.64. The Labute approximate surface area is 77.5 Å². The molecule has 4 saturated carbocycles. The molecule has 0 unspecified atom stereocenters. The Morgan fingerprint density at radius 2 is 2.00 bits per heavy atom. The molecule has 0 aromatic carbocycles. The molecule has 0 aromatic rings. The first-order valence-corrected chi connectivity index (χ1v) is 5.37. The Morgan fingerprint density at radius 1 is 1.17 bits per heavy atom. The second-order valence-electron chi connectivity index (χ2n) is 4.72. The molecule has 4 aliphatic rings. The molecular weight excluding hydrogens is 172 g/mol. The van der Waals surface area contributed by atoms with Gasteiger partial charge in [-0.25, -0.2) is 0 Å². The quantitative estimate of drug-likeness (QED) is 0.528. The lowest BCUT2D eigenvalue weighted by molar-refractivity contribution is -0.139. The fraction of sp³-hybridized carbons (Fsp3) is 0.900. The van der Waals surface area contributed by atoms with Crippen LogP contribution in [0.1, 0.15) is 25.7 Å². The van der Waals surface area contributed by atoms with E-state index in [1.54, 1.807) is 0 Å². The molecule has 2 heteroatoms. The van der Waals surface area contributed by atoms with Crippen LogP contribution in [-0.2, 0) is 4.79 Å². The minimum absolute atomic E-state index is 0.185. The molecule has 0 aromatic heterocycles. The molecule has 0 spiro atoms. The highest BCUT2D eigenvalue weighted by atomic mass is 35.5. The lowest BCUT2D eigenvalue weighted by atomic mass is 9.55. The first-order chi connectivity index (χ1) is 5.75. The fourth-order valence-corrected chi connectivity index (χ4v) is 4.00. The average molecular weight is 185 g/mol. The Morgan fingerprint density at radius 3 is 2.83 bits per heavy atom. The third-order valence-electron chi connectivity index (χ3n) is 4.03. The van der Waals surface area contributed by atoms with Crippen molar-refractivity contribution in [3.63, 3.8) is 0 Å². The van der Waals surface area contributed by atoms with Crippen LogP contribution in [0.15, 0.2) is 0 Å². The summed E-state index contributed by atoms with van der Waals surface area (Å²) in [5, 5.41) is 0.185. The van der Waals surface area contributed by atoms with Crippen LogP contribution >= 0.6 is 11.6 Å². The van der Waals surface area contributed by atoms with Crippen LogP contribution in [0.5, 0.6) is 0 Å². The van der Waals surface area contributed by atoms with Gasteiger partial charge in [0, 0.05) is 17.2 Å². The topological polar surface area (TPSA) is 17.1 Å². The number of alkyl halides is 1. The molecule has 4 bridgehead atoms. The summed E-state index contributed by atoms with van der Waals surface area (Å²) in [7, 11) is 0. The molecule has 4 fully saturated rings. The average Bonchev–Trinajstić information content (AvgIpc) is 2.07. The molecule has 66 valence electrons. The van der Waals surface area contributed by atoms with Gasteiger partial charge >= 0.3 is 0 Å². The summed E-state index contributed by atoms with van der Waals surface area (Å²) in [5.41, 5.74) is 0. The van der Waals surface area contributed by atoms with Gasteiger partial charge in [-0.15, -0.1) is 11.6 Å². The molecule has 0 aliphatic heterocycles. The molecule has 0 heterocycles. The molecule has 4 rings (SSSR count). The van der Waals surface area contributed by atoms with Crippen molar-refractivity contribution in [2.45, 2.75) is 31.1 Å². The van der Waals surface area contributed by atoms with E-state index < -0.39 is 0 Å². The molecule has 0 amide bonds. The predicted molar refractivity (Wildman–Crippen MR) is 47.1 cm³/mol. The van der Waals surface area contributed by atoms with Crippen molar-refractivity contribution in [2.75, 3.05) is 0 Å². The number of hydrogen-bond donors (Lipinski definition) is 0. The molecule has 5 atom stereocenters. The van der Waals surface area contributed by atoms with Gasteiger partial charge in [-0.3, -0.25) is 4.79 Å². The van der Waals surface area contributed by atoms with Gasteiger partial charge in [0.1, 0.15) is 5.78 Å². The molecule has 0 N–H and O–H groups in total. The van der Waals surface area contributed by atoms with E-state index >= 15 is 0 Å². The monoisotopic (exact) mass is 184 g/mol. The zero-order valence-electron chi connectivity index (χ0n) is 7.00. The van der Waals surface area contributed by atoms with Crippen LogP contribution in [0.4, 0.5) is 0 Å². The van der Waals surface area contributed by atoms with Crippen LogP contribution in [0.25, 0.3) is 0 Å². The van der Waals surface area contributed by atoms with Gasteiger partial charge in [0.2, 0.25) is 0 Å². The maximum atomic E-state index is 11.7. The Hall–Kier alpha value is -0.0400. The van der Waals surface area contributed by atoms with Gasteiger partial charge in [0.05, 0.1) is 0 Å². The number of rotatable bonds is 0. The summed E-state index contributed by atoms with van der Waals surface area (Å²) in [4.78, 5) is 11.7. The van der Waals surface area contributed by atoms with Gasteiger partial charge < -0.3 is 0 Å². The largest absolute Gasteiger partial charge is 0.299 e. The minimum atomic E-state index is 0.185. The van der Waals surface area contributed by atoms with E-state index in [9.17, 15) is 4.79 Å². The van der Waals surface area contributed by atoms with Gasteiger partial charge in [0.25, 0.3) is 0 Å². The van der Waals surface area contributed by atoms with Gasteiger partial charge in [0.15, 0.2) is 0 Å². The summed E-state index contributed by atoms with van der Waals surface area (Å²) >= 11 is 6.24. The van der Waals surface area contributed by atoms with Crippen molar-refractivity contribution >= 4 is 17.4 Å². The molecule has 0 saturated heterocycles. The van der Waals surface area contributed by atoms with Gasteiger partial charge in [-0.05, 0) is 37.5 Å². The lowest BCUT2D eigenvalue weighted by Crippen LogP contribution is -2.51. The maximum absolute atomic E-state index is 11.7. The SMILES string of the molecule is O=C1[C@@H]2C[C@H]3C[C@H](C2)[C@H](Cl)[C@H]1C3. The van der Waals surface area contributed by atoms with Gasteiger partial charge in [-0.1, -0.05) is 0 Å². The number of hydrogen-bond acceptors (Lipinski definition) is 1. The third-order valence-corrected chi connectivity index (χ3v) is 4.69. The smallest absolute Gasteiger partial charge is 0.140 e. The Bertz CT molecular complexity index is 238. The van der Waals surface area contributed by atoms with E-state index in [2.05, 4.69) is 0 Å². The van der Waals surface area contributed by atoms with Crippen LogP contribution in [0.3, 0.4) is 0 Å². The van der Waals surface area contributed by atoms with Crippen molar-refractivity contribution in [2.24, 2.45) is 23.7 Å². The highest BCUT2D eigenvalue weighted by molar-refractivity contribution is 6.23. The van der Waals surface area contributed by atoms with Gasteiger partial charge in [-0.2, -0.15) is 0 Å². The molecule has 4 aliphatic carbocycles. The Kier molecular flexibility index (Phi) is 1.39. The summed E-state index contributed by atoms with van der Waals surface area (Å²) in [6.07, 6.45) is 4.67. The van der Waals surface area contributed by atoms with Crippen LogP contribution < -0.4 is 0 Å². The minimum Gasteiger partial charge on any atom is -0.299 e.